The van der Waals surface area contributed by atoms with Crippen LogP contribution in [-0.4, -0.2) is 16.6 Å². The van der Waals surface area contributed by atoms with Gasteiger partial charge in [-0.3, -0.25) is 4.79 Å². The Morgan fingerprint density at radius 3 is 2.69 bits per heavy atom. The fourth-order valence-corrected chi connectivity index (χ4v) is 2.37. The molecule has 1 fully saturated rings. The van der Waals surface area contributed by atoms with Crippen molar-refractivity contribution < 1.29 is 9.90 Å². The monoisotopic (exact) mass is 185 g/mol. The molecule has 3 N–H and O–H groups in total. The minimum Gasteiger partial charge on any atom is -0.480 e. The van der Waals surface area contributed by atoms with Crippen molar-refractivity contribution in [1.29, 1.82) is 0 Å². The summed E-state index contributed by atoms with van der Waals surface area (Å²) in [6.07, 6.45) is 3.35. The van der Waals surface area contributed by atoms with Crippen molar-refractivity contribution >= 4 is 5.97 Å². The lowest BCUT2D eigenvalue weighted by molar-refractivity contribution is -0.145. The Balaban J connectivity index is 2.64. The second-order valence-corrected chi connectivity index (χ2v) is 4.35. The molecule has 0 aromatic heterocycles. The van der Waals surface area contributed by atoms with Crippen LogP contribution in [0.2, 0.25) is 0 Å². The summed E-state index contributed by atoms with van der Waals surface area (Å²) in [6.45, 7) is 4.27. The standard InChI is InChI=1S/C10H19NO2/c1-3-8-4-5-10(11,9(12)13)6-7(8)2/h7-8H,3-6,11H2,1-2H3,(H,12,13). The van der Waals surface area contributed by atoms with Gasteiger partial charge in [-0.1, -0.05) is 20.3 Å². The Hall–Kier alpha value is -0.570. The Bertz CT molecular complexity index is 205. The first-order valence-electron chi connectivity index (χ1n) is 5.02. The number of aliphatic carboxylic acids is 1. The zero-order valence-electron chi connectivity index (χ0n) is 8.42. The summed E-state index contributed by atoms with van der Waals surface area (Å²) in [5.74, 6) is 0.268. The van der Waals surface area contributed by atoms with Gasteiger partial charge in [-0.15, -0.1) is 0 Å². The third-order valence-electron chi connectivity index (χ3n) is 3.40. The maximum Gasteiger partial charge on any atom is 0.323 e. The Morgan fingerprint density at radius 1 is 1.69 bits per heavy atom. The van der Waals surface area contributed by atoms with Crippen LogP contribution in [0.1, 0.15) is 39.5 Å². The SMILES string of the molecule is CCC1CCC(N)(C(=O)O)CC1C. The lowest BCUT2D eigenvalue weighted by Gasteiger charge is -2.38. The van der Waals surface area contributed by atoms with Gasteiger partial charge in [0.25, 0.3) is 0 Å². The molecule has 76 valence electrons. The molecule has 0 amide bonds. The van der Waals surface area contributed by atoms with Gasteiger partial charge in [0.05, 0.1) is 0 Å². The predicted molar refractivity (Wildman–Crippen MR) is 51.4 cm³/mol. The molecule has 0 bridgehead atoms. The van der Waals surface area contributed by atoms with Crippen molar-refractivity contribution in [2.75, 3.05) is 0 Å². The van der Waals surface area contributed by atoms with E-state index in [9.17, 15) is 4.79 Å². The molecule has 0 aromatic carbocycles. The molecule has 3 nitrogen and oxygen atoms in total. The van der Waals surface area contributed by atoms with Crippen molar-refractivity contribution in [2.24, 2.45) is 17.6 Å². The van der Waals surface area contributed by atoms with Crippen molar-refractivity contribution in [3.63, 3.8) is 0 Å². The first-order chi connectivity index (χ1) is 5.99. The van der Waals surface area contributed by atoms with Crippen LogP contribution in [0.15, 0.2) is 0 Å². The van der Waals surface area contributed by atoms with Crippen LogP contribution in [0.25, 0.3) is 0 Å². The molecule has 13 heavy (non-hydrogen) atoms. The highest BCUT2D eigenvalue weighted by atomic mass is 16.4. The number of carbonyl (C=O) groups is 1. The van der Waals surface area contributed by atoms with E-state index in [4.69, 9.17) is 10.8 Å². The minimum absolute atomic E-state index is 0.444. The normalized spacial score (nSPS) is 40.2. The number of hydrogen-bond acceptors (Lipinski definition) is 2. The van der Waals surface area contributed by atoms with Crippen LogP contribution in [-0.2, 0) is 4.79 Å². The van der Waals surface area contributed by atoms with Gasteiger partial charge in [0.15, 0.2) is 0 Å². The maximum atomic E-state index is 10.9. The second kappa shape index (κ2) is 3.66. The molecule has 1 rings (SSSR count). The summed E-state index contributed by atoms with van der Waals surface area (Å²) in [5, 5.41) is 8.95. The third kappa shape index (κ3) is 2.02. The lowest BCUT2D eigenvalue weighted by atomic mass is 9.70. The van der Waals surface area contributed by atoms with Crippen LogP contribution < -0.4 is 5.73 Å². The molecule has 0 saturated heterocycles. The number of carboxylic acid groups (broad SMARTS) is 1. The van der Waals surface area contributed by atoms with Crippen LogP contribution in [0.3, 0.4) is 0 Å². The molecule has 1 saturated carbocycles. The summed E-state index contributed by atoms with van der Waals surface area (Å²) < 4.78 is 0. The van der Waals surface area contributed by atoms with E-state index in [1.165, 1.54) is 0 Å². The van der Waals surface area contributed by atoms with Gasteiger partial charge in [-0.25, -0.2) is 0 Å². The van der Waals surface area contributed by atoms with E-state index in [1.807, 2.05) is 0 Å². The zero-order chi connectivity index (χ0) is 10.1. The molecular formula is C10H19NO2. The number of rotatable bonds is 2. The molecule has 3 heteroatoms. The van der Waals surface area contributed by atoms with Crippen LogP contribution in [0.5, 0.6) is 0 Å². The van der Waals surface area contributed by atoms with E-state index < -0.39 is 11.5 Å². The number of hydrogen-bond donors (Lipinski definition) is 2. The molecule has 0 radical (unpaired) electrons. The molecule has 3 unspecified atom stereocenters. The van der Waals surface area contributed by atoms with Crippen molar-refractivity contribution in [1.82, 2.24) is 0 Å². The van der Waals surface area contributed by atoms with Crippen LogP contribution in [0.4, 0.5) is 0 Å². The fraction of sp³-hybridized carbons (Fsp3) is 0.900. The summed E-state index contributed by atoms with van der Waals surface area (Å²) in [5.41, 5.74) is 4.86. The lowest BCUT2D eigenvalue weighted by Crippen LogP contribution is -2.52. The average molecular weight is 185 g/mol. The largest absolute Gasteiger partial charge is 0.480 e. The Morgan fingerprint density at radius 2 is 2.31 bits per heavy atom. The fourth-order valence-electron chi connectivity index (χ4n) is 2.37. The molecule has 0 spiro atoms. The molecule has 0 aliphatic heterocycles. The first kappa shape index (κ1) is 10.5. The van der Waals surface area contributed by atoms with Crippen LogP contribution in [0, 0.1) is 11.8 Å². The highest BCUT2D eigenvalue weighted by molar-refractivity contribution is 5.78. The van der Waals surface area contributed by atoms with E-state index in [0.29, 0.717) is 24.7 Å². The summed E-state index contributed by atoms with van der Waals surface area (Å²) >= 11 is 0. The van der Waals surface area contributed by atoms with E-state index in [2.05, 4.69) is 13.8 Å². The van der Waals surface area contributed by atoms with Gasteiger partial charge in [0.2, 0.25) is 0 Å². The predicted octanol–water partition coefficient (Wildman–Crippen LogP) is 1.61. The Kier molecular flexibility index (Phi) is 2.96. The van der Waals surface area contributed by atoms with E-state index in [-0.39, 0.29) is 0 Å². The molecule has 1 aliphatic rings. The number of nitrogens with two attached hydrogens (primary N) is 1. The van der Waals surface area contributed by atoms with Crippen molar-refractivity contribution in [2.45, 2.75) is 45.1 Å². The first-order valence-corrected chi connectivity index (χ1v) is 5.02. The molecular weight excluding hydrogens is 166 g/mol. The average Bonchev–Trinajstić information content (AvgIpc) is 2.04. The highest BCUT2D eigenvalue weighted by Gasteiger charge is 2.41. The van der Waals surface area contributed by atoms with Gasteiger partial charge in [-0.05, 0) is 31.1 Å². The van der Waals surface area contributed by atoms with Gasteiger partial charge in [0, 0.05) is 0 Å². The van der Waals surface area contributed by atoms with Crippen molar-refractivity contribution in [3.8, 4) is 0 Å². The van der Waals surface area contributed by atoms with E-state index >= 15 is 0 Å². The van der Waals surface area contributed by atoms with Gasteiger partial charge < -0.3 is 10.8 Å². The molecule has 0 aromatic rings. The zero-order valence-corrected chi connectivity index (χ0v) is 8.42. The van der Waals surface area contributed by atoms with Crippen molar-refractivity contribution in [3.05, 3.63) is 0 Å². The quantitative estimate of drug-likeness (QED) is 0.687. The Labute approximate surface area is 79.3 Å². The summed E-state index contributed by atoms with van der Waals surface area (Å²) in [4.78, 5) is 10.9. The summed E-state index contributed by atoms with van der Waals surface area (Å²) in [7, 11) is 0. The van der Waals surface area contributed by atoms with E-state index in [0.717, 1.165) is 12.8 Å². The molecule has 1 aliphatic carbocycles. The highest BCUT2D eigenvalue weighted by Crippen LogP contribution is 2.36. The third-order valence-corrected chi connectivity index (χ3v) is 3.40. The number of carboxylic acids is 1. The molecule has 3 atom stereocenters. The topological polar surface area (TPSA) is 63.3 Å². The summed E-state index contributed by atoms with van der Waals surface area (Å²) in [6, 6.07) is 0. The smallest absolute Gasteiger partial charge is 0.323 e. The second-order valence-electron chi connectivity index (χ2n) is 4.35. The van der Waals surface area contributed by atoms with Gasteiger partial charge in [0.1, 0.15) is 5.54 Å². The minimum atomic E-state index is -0.953. The van der Waals surface area contributed by atoms with Crippen LogP contribution >= 0.6 is 0 Å². The van der Waals surface area contributed by atoms with Gasteiger partial charge >= 0.3 is 5.97 Å². The maximum absolute atomic E-state index is 10.9. The van der Waals surface area contributed by atoms with E-state index in [1.54, 1.807) is 0 Å². The molecule has 0 heterocycles. The van der Waals surface area contributed by atoms with Gasteiger partial charge in [-0.2, -0.15) is 0 Å².